The minimum Gasteiger partial charge on any atom is -0.456 e. The standard InChI is InChI=1S/C45H27N3O/c1-3-12-31-25-34(21-19-28(31)9-1)43-46-44(35-22-20-29-10-2-4-13-32(29)26-35)48-45(47-43)38-17-8-18-41-42(38)39-27-33(23-24-40(39)49-41)37-16-7-14-30-11-5-6-15-36(30)37/h1-27H/i1D,3D,8D,9D,18D,19D,21D,23D,24D,25D. The molecule has 2 aromatic heterocycles. The maximum Gasteiger partial charge on any atom is 0.164 e. The monoisotopic (exact) mass is 635 g/mol. The van der Waals surface area contributed by atoms with Crippen LogP contribution >= 0.6 is 0 Å². The highest BCUT2D eigenvalue weighted by atomic mass is 16.3. The SMILES string of the molecule is [2H]c1cc2c([2H])c(-c3nc(-c4ccc5ccccc5c4)nc(-c4cc([2H])c([2H])c5oc6c([2H])c([2H])c(-c7cccc8ccccc78)cc6c45)n3)c([2H])c([2H])c2c([2H])c1[2H]. The highest BCUT2D eigenvalue weighted by Gasteiger charge is 2.19. The molecule has 10 aromatic rings. The van der Waals surface area contributed by atoms with Crippen LogP contribution in [0.3, 0.4) is 0 Å². The Hall–Kier alpha value is -6.65. The Morgan fingerprint density at radius 3 is 2.16 bits per heavy atom. The average molecular weight is 636 g/mol. The third-order valence-electron chi connectivity index (χ3n) is 8.72. The molecule has 0 saturated carbocycles. The Bertz CT molecular complexity index is 3470. The summed E-state index contributed by atoms with van der Waals surface area (Å²) in [5.41, 5.74) is 1.84. The van der Waals surface area contributed by atoms with Crippen molar-refractivity contribution in [3.63, 3.8) is 0 Å². The summed E-state index contributed by atoms with van der Waals surface area (Å²) < 4.78 is 94.5. The van der Waals surface area contributed by atoms with E-state index in [9.17, 15) is 1.37 Å². The van der Waals surface area contributed by atoms with Crippen LogP contribution in [0.4, 0.5) is 0 Å². The summed E-state index contributed by atoms with van der Waals surface area (Å²) in [7, 11) is 0. The van der Waals surface area contributed by atoms with E-state index in [1.807, 2.05) is 84.9 Å². The Balaban J connectivity index is 1.31. The molecule has 4 nitrogen and oxygen atoms in total. The van der Waals surface area contributed by atoms with E-state index in [0.29, 0.717) is 21.9 Å². The van der Waals surface area contributed by atoms with Gasteiger partial charge in [0.15, 0.2) is 17.5 Å². The minimum absolute atomic E-state index is 0.0122. The molecular weight excluding hydrogens is 599 g/mol. The van der Waals surface area contributed by atoms with Crippen molar-refractivity contribution in [2.45, 2.75) is 0 Å². The van der Waals surface area contributed by atoms with E-state index in [4.69, 9.17) is 31.7 Å². The van der Waals surface area contributed by atoms with Crippen LogP contribution in [-0.2, 0) is 0 Å². The predicted octanol–water partition coefficient (Wildman–Crippen LogP) is 11.9. The molecule has 10 rings (SSSR count). The molecule has 8 aromatic carbocycles. The van der Waals surface area contributed by atoms with Gasteiger partial charge in [-0.1, -0.05) is 133 Å². The summed E-state index contributed by atoms with van der Waals surface area (Å²) in [6.45, 7) is 0. The van der Waals surface area contributed by atoms with Crippen molar-refractivity contribution < 1.29 is 18.1 Å². The first-order chi connectivity index (χ1) is 28.4. The number of hydrogen-bond donors (Lipinski definition) is 0. The number of nitrogens with zero attached hydrogens (tertiary/aromatic N) is 3. The van der Waals surface area contributed by atoms with Crippen molar-refractivity contribution in [2.24, 2.45) is 0 Å². The van der Waals surface area contributed by atoms with Crippen LogP contribution in [0.1, 0.15) is 13.7 Å². The normalized spacial score (nSPS) is 14.5. The van der Waals surface area contributed by atoms with Gasteiger partial charge in [0.25, 0.3) is 0 Å². The van der Waals surface area contributed by atoms with Gasteiger partial charge in [-0.2, -0.15) is 0 Å². The van der Waals surface area contributed by atoms with E-state index in [-0.39, 0.29) is 86.8 Å². The smallest absolute Gasteiger partial charge is 0.164 e. The maximum atomic E-state index is 9.28. The first-order valence-corrected chi connectivity index (χ1v) is 15.6. The zero-order valence-electron chi connectivity index (χ0n) is 35.6. The lowest BCUT2D eigenvalue weighted by Gasteiger charge is -2.11. The maximum absolute atomic E-state index is 9.28. The third kappa shape index (κ3) is 4.65. The van der Waals surface area contributed by atoms with Gasteiger partial charge in [-0.25, -0.2) is 15.0 Å². The lowest BCUT2D eigenvalue weighted by atomic mass is 9.96. The Kier molecular flexibility index (Phi) is 4.31. The van der Waals surface area contributed by atoms with Crippen molar-refractivity contribution in [1.82, 2.24) is 15.0 Å². The van der Waals surface area contributed by atoms with Crippen molar-refractivity contribution >= 4 is 54.3 Å². The molecule has 228 valence electrons. The van der Waals surface area contributed by atoms with E-state index in [1.54, 1.807) is 6.07 Å². The van der Waals surface area contributed by atoms with Gasteiger partial charge in [0.1, 0.15) is 11.2 Å². The number of benzene rings is 8. The third-order valence-corrected chi connectivity index (χ3v) is 8.72. The molecule has 0 radical (unpaired) electrons. The highest BCUT2D eigenvalue weighted by Crippen LogP contribution is 2.39. The molecule has 0 fully saturated rings. The zero-order chi connectivity index (χ0) is 41.0. The topological polar surface area (TPSA) is 51.8 Å². The predicted molar refractivity (Wildman–Crippen MR) is 201 cm³/mol. The number of rotatable bonds is 4. The van der Waals surface area contributed by atoms with Crippen LogP contribution < -0.4 is 0 Å². The molecular formula is C45H27N3O. The van der Waals surface area contributed by atoms with E-state index >= 15 is 0 Å². The first kappa shape index (κ1) is 19.2. The van der Waals surface area contributed by atoms with Gasteiger partial charge in [0, 0.05) is 27.5 Å². The van der Waals surface area contributed by atoms with Gasteiger partial charge in [-0.05, 0) is 73.7 Å². The summed E-state index contributed by atoms with van der Waals surface area (Å²) in [6, 6.07) is 28.1. The quantitative estimate of drug-likeness (QED) is 0.193. The molecule has 0 amide bonds. The molecule has 0 unspecified atom stereocenters. The number of fused-ring (bicyclic) bond motifs is 6. The Labute approximate surface area is 296 Å². The summed E-state index contributed by atoms with van der Waals surface area (Å²) in [4.78, 5) is 14.5. The molecule has 4 heteroatoms. The summed E-state index contributed by atoms with van der Waals surface area (Å²) in [5.74, 6) is -0.0366. The van der Waals surface area contributed by atoms with E-state index in [0.717, 1.165) is 27.1 Å². The summed E-state index contributed by atoms with van der Waals surface area (Å²) in [5, 5.41) is 4.30. The zero-order valence-corrected chi connectivity index (χ0v) is 25.6. The van der Waals surface area contributed by atoms with Crippen LogP contribution in [0, 0.1) is 0 Å². The van der Waals surface area contributed by atoms with Gasteiger partial charge >= 0.3 is 0 Å². The van der Waals surface area contributed by atoms with Crippen LogP contribution in [0.5, 0.6) is 0 Å². The van der Waals surface area contributed by atoms with Gasteiger partial charge in [0.05, 0.1) is 13.7 Å². The Morgan fingerprint density at radius 1 is 0.429 bits per heavy atom. The lowest BCUT2D eigenvalue weighted by Crippen LogP contribution is -2.00. The second kappa shape index (κ2) is 11.0. The van der Waals surface area contributed by atoms with Gasteiger partial charge in [-0.15, -0.1) is 0 Å². The van der Waals surface area contributed by atoms with E-state index in [1.165, 1.54) is 12.1 Å². The average Bonchev–Trinajstić information content (AvgIpc) is 3.64. The molecule has 0 aliphatic rings. The fourth-order valence-electron chi connectivity index (χ4n) is 6.37. The molecule has 2 heterocycles. The second-order valence-electron chi connectivity index (χ2n) is 11.7. The number of aromatic nitrogens is 3. The van der Waals surface area contributed by atoms with Crippen molar-refractivity contribution in [3.8, 4) is 45.3 Å². The fourth-order valence-corrected chi connectivity index (χ4v) is 6.37. The highest BCUT2D eigenvalue weighted by molar-refractivity contribution is 6.13. The molecule has 0 atom stereocenters. The van der Waals surface area contributed by atoms with Gasteiger partial charge in [0.2, 0.25) is 0 Å². The van der Waals surface area contributed by atoms with Gasteiger partial charge in [-0.3, -0.25) is 0 Å². The van der Waals surface area contributed by atoms with E-state index in [2.05, 4.69) is 0 Å². The largest absolute Gasteiger partial charge is 0.456 e. The second-order valence-corrected chi connectivity index (χ2v) is 11.7. The minimum atomic E-state index is -0.460. The Morgan fingerprint density at radius 2 is 1.22 bits per heavy atom. The number of furan rings is 1. The molecule has 0 N–H and O–H groups in total. The number of hydrogen-bond acceptors (Lipinski definition) is 4. The molecule has 49 heavy (non-hydrogen) atoms. The van der Waals surface area contributed by atoms with Crippen LogP contribution in [0.15, 0.2) is 168 Å². The van der Waals surface area contributed by atoms with E-state index < -0.39 is 24.2 Å². The van der Waals surface area contributed by atoms with Gasteiger partial charge < -0.3 is 4.42 Å². The molecule has 0 bridgehead atoms. The molecule has 0 aliphatic heterocycles. The lowest BCUT2D eigenvalue weighted by molar-refractivity contribution is 0.669. The summed E-state index contributed by atoms with van der Waals surface area (Å²) >= 11 is 0. The van der Waals surface area contributed by atoms with Crippen LogP contribution in [0.25, 0.3) is 99.5 Å². The van der Waals surface area contributed by atoms with Crippen LogP contribution in [-0.4, -0.2) is 15.0 Å². The van der Waals surface area contributed by atoms with Crippen molar-refractivity contribution in [1.29, 1.82) is 0 Å². The molecule has 0 saturated heterocycles. The van der Waals surface area contributed by atoms with Crippen molar-refractivity contribution in [3.05, 3.63) is 164 Å². The molecule has 0 spiro atoms. The molecule has 0 aliphatic carbocycles. The summed E-state index contributed by atoms with van der Waals surface area (Å²) in [6.07, 6.45) is 0. The van der Waals surface area contributed by atoms with Crippen LogP contribution in [0.2, 0.25) is 0 Å². The fraction of sp³-hybridized carbons (Fsp3) is 0. The first-order valence-electron chi connectivity index (χ1n) is 20.6. The van der Waals surface area contributed by atoms with Crippen molar-refractivity contribution in [2.75, 3.05) is 0 Å².